The molecule has 0 aliphatic rings. The van der Waals surface area contributed by atoms with E-state index in [4.69, 9.17) is 4.74 Å². The smallest absolute Gasteiger partial charge is 0.226 e. The number of benzene rings is 2. The van der Waals surface area contributed by atoms with Crippen LogP contribution in [-0.2, 0) is 11.2 Å². The molecular formula is C18H20FNO2. The van der Waals surface area contributed by atoms with E-state index in [-0.39, 0.29) is 18.3 Å². The topological polar surface area (TPSA) is 29.5 Å². The van der Waals surface area contributed by atoms with Crippen molar-refractivity contribution < 1.29 is 13.9 Å². The van der Waals surface area contributed by atoms with Gasteiger partial charge < -0.3 is 9.64 Å². The Hall–Kier alpha value is -2.36. The van der Waals surface area contributed by atoms with Gasteiger partial charge in [-0.2, -0.15) is 0 Å². The molecule has 0 saturated carbocycles. The molecule has 0 bridgehead atoms. The van der Waals surface area contributed by atoms with Crippen molar-refractivity contribution in [2.45, 2.75) is 13.3 Å². The summed E-state index contributed by atoms with van der Waals surface area (Å²) in [6, 6.07) is 14.1. The SMILES string of the molecule is Cc1ccc(CC(=O)N(C)CCOc2ccccc2F)cc1. The largest absolute Gasteiger partial charge is 0.489 e. The van der Waals surface area contributed by atoms with Crippen LogP contribution in [0.5, 0.6) is 5.75 Å². The molecule has 2 aromatic rings. The summed E-state index contributed by atoms with van der Waals surface area (Å²) in [6.07, 6.45) is 0.358. The molecule has 116 valence electrons. The van der Waals surface area contributed by atoms with E-state index >= 15 is 0 Å². The Balaban J connectivity index is 1.79. The molecule has 0 aliphatic heterocycles. The molecular weight excluding hydrogens is 281 g/mol. The van der Waals surface area contributed by atoms with E-state index < -0.39 is 5.82 Å². The molecule has 0 radical (unpaired) electrons. The summed E-state index contributed by atoms with van der Waals surface area (Å²) >= 11 is 0. The number of rotatable bonds is 6. The maximum atomic E-state index is 13.4. The molecule has 0 aromatic heterocycles. The highest BCUT2D eigenvalue weighted by atomic mass is 19.1. The van der Waals surface area contributed by atoms with Crippen LogP contribution in [0.2, 0.25) is 0 Å². The lowest BCUT2D eigenvalue weighted by Gasteiger charge is -2.17. The Morgan fingerprint density at radius 2 is 1.82 bits per heavy atom. The normalized spacial score (nSPS) is 10.3. The molecule has 4 heteroatoms. The summed E-state index contributed by atoms with van der Waals surface area (Å²) < 4.78 is 18.7. The van der Waals surface area contributed by atoms with Crippen molar-refractivity contribution in [2.75, 3.05) is 20.2 Å². The maximum Gasteiger partial charge on any atom is 0.226 e. The molecule has 2 rings (SSSR count). The molecule has 0 N–H and O–H groups in total. The first kappa shape index (κ1) is 16.0. The number of aryl methyl sites for hydroxylation is 1. The fourth-order valence-electron chi connectivity index (χ4n) is 1.99. The van der Waals surface area contributed by atoms with Crippen LogP contribution >= 0.6 is 0 Å². The van der Waals surface area contributed by atoms with Crippen molar-refractivity contribution in [3.8, 4) is 5.75 Å². The summed E-state index contributed by atoms with van der Waals surface area (Å²) in [5, 5.41) is 0. The molecule has 3 nitrogen and oxygen atoms in total. The molecule has 0 saturated heterocycles. The Morgan fingerprint density at radius 3 is 2.50 bits per heavy atom. The summed E-state index contributed by atoms with van der Waals surface area (Å²) in [4.78, 5) is 13.7. The minimum atomic E-state index is -0.392. The maximum absolute atomic E-state index is 13.4. The number of carbonyl (C=O) groups excluding carboxylic acids is 1. The Morgan fingerprint density at radius 1 is 1.14 bits per heavy atom. The Kier molecular flexibility index (Phi) is 5.53. The molecule has 0 heterocycles. The van der Waals surface area contributed by atoms with Gasteiger partial charge in [0, 0.05) is 7.05 Å². The van der Waals surface area contributed by atoms with Crippen LogP contribution in [0.4, 0.5) is 4.39 Å². The van der Waals surface area contributed by atoms with E-state index in [9.17, 15) is 9.18 Å². The second kappa shape index (κ2) is 7.59. The molecule has 2 aromatic carbocycles. The lowest BCUT2D eigenvalue weighted by Crippen LogP contribution is -2.32. The number of ether oxygens (including phenoxy) is 1. The number of hydrogen-bond donors (Lipinski definition) is 0. The van der Waals surface area contributed by atoms with E-state index in [0.717, 1.165) is 5.56 Å². The number of hydrogen-bond acceptors (Lipinski definition) is 2. The average Bonchev–Trinajstić information content (AvgIpc) is 2.51. The van der Waals surface area contributed by atoms with Crippen LogP contribution in [0.1, 0.15) is 11.1 Å². The predicted octanol–water partition coefficient (Wildman–Crippen LogP) is 3.21. The zero-order chi connectivity index (χ0) is 15.9. The standard InChI is InChI=1S/C18H20FNO2/c1-14-7-9-15(10-8-14)13-18(21)20(2)11-12-22-17-6-4-3-5-16(17)19/h3-10H,11-13H2,1-2H3. The third-order valence-corrected chi connectivity index (χ3v) is 3.42. The summed E-state index contributed by atoms with van der Waals surface area (Å²) in [7, 11) is 1.72. The minimum absolute atomic E-state index is 0.0148. The highest BCUT2D eigenvalue weighted by Crippen LogP contribution is 2.15. The fraction of sp³-hybridized carbons (Fsp3) is 0.278. The zero-order valence-corrected chi connectivity index (χ0v) is 12.9. The molecule has 0 spiro atoms. The quantitative estimate of drug-likeness (QED) is 0.820. The third-order valence-electron chi connectivity index (χ3n) is 3.42. The van der Waals surface area contributed by atoms with E-state index in [1.165, 1.54) is 11.6 Å². The number of para-hydroxylation sites is 1. The highest BCUT2D eigenvalue weighted by molar-refractivity contribution is 5.78. The van der Waals surface area contributed by atoms with Gasteiger partial charge in [-0.15, -0.1) is 0 Å². The van der Waals surface area contributed by atoms with Crippen molar-refractivity contribution in [1.82, 2.24) is 4.90 Å². The summed E-state index contributed by atoms with van der Waals surface area (Å²) in [5.74, 6) is -0.168. The van der Waals surface area contributed by atoms with Crippen LogP contribution < -0.4 is 4.74 Å². The first-order valence-corrected chi connectivity index (χ1v) is 7.23. The van der Waals surface area contributed by atoms with E-state index in [0.29, 0.717) is 13.0 Å². The molecule has 0 atom stereocenters. The second-order valence-electron chi connectivity index (χ2n) is 5.26. The van der Waals surface area contributed by atoms with Gasteiger partial charge >= 0.3 is 0 Å². The third kappa shape index (κ3) is 4.58. The lowest BCUT2D eigenvalue weighted by molar-refractivity contribution is -0.129. The predicted molar refractivity (Wildman–Crippen MR) is 84.4 cm³/mol. The van der Waals surface area contributed by atoms with Gasteiger partial charge in [0.05, 0.1) is 13.0 Å². The number of nitrogens with zero attached hydrogens (tertiary/aromatic N) is 1. The van der Waals surface area contributed by atoms with E-state index in [1.54, 1.807) is 30.1 Å². The first-order valence-electron chi connectivity index (χ1n) is 7.23. The Labute approximate surface area is 130 Å². The van der Waals surface area contributed by atoms with Gasteiger partial charge in [0.2, 0.25) is 5.91 Å². The van der Waals surface area contributed by atoms with Crippen molar-refractivity contribution in [2.24, 2.45) is 0 Å². The number of amides is 1. The average molecular weight is 301 g/mol. The monoisotopic (exact) mass is 301 g/mol. The second-order valence-corrected chi connectivity index (χ2v) is 5.26. The number of halogens is 1. The van der Waals surface area contributed by atoms with Gasteiger partial charge in [-0.25, -0.2) is 4.39 Å². The van der Waals surface area contributed by atoms with Gasteiger partial charge in [0.1, 0.15) is 6.61 Å². The first-order chi connectivity index (χ1) is 10.6. The van der Waals surface area contributed by atoms with Crippen LogP contribution in [-0.4, -0.2) is 31.0 Å². The Bertz CT molecular complexity index is 625. The van der Waals surface area contributed by atoms with Crippen LogP contribution in [0.15, 0.2) is 48.5 Å². The highest BCUT2D eigenvalue weighted by Gasteiger charge is 2.10. The van der Waals surface area contributed by atoms with Crippen molar-refractivity contribution >= 4 is 5.91 Å². The van der Waals surface area contributed by atoms with Crippen LogP contribution in [0, 0.1) is 12.7 Å². The number of likely N-dealkylation sites (N-methyl/N-ethyl adjacent to an activating group) is 1. The fourth-order valence-corrected chi connectivity index (χ4v) is 1.99. The van der Waals surface area contributed by atoms with Crippen LogP contribution in [0.3, 0.4) is 0 Å². The lowest BCUT2D eigenvalue weighted by atomic mass is 10.1. The summed E-state index contributed by atoms with van der Waals surface area (Å²) in [5.41, 5.74) is 2.15. The van der Waals surface area contributed by atoms with Gasteiger partial charge in [0.15, 0.2) is 11.6 Å². The minimum Gasteiger partial charge on any atom is -0.489 e. The number of carbonyl (C=O) groups is 1. The van der Waals surface area contributed by atoms with Crippen molar-refractivity contribution in [1.29, 1.82) is 0 Å². The molecule has 22 heavy (non-hydrogen) atoms. The van der Waals surface area contributed by atoms with Gasteiger partial charge in [-0.1, -0.05) is 42.0 Å². The van der Waals surface area contributed by atoms with Crippen molar-refractivity contribution in [3.63, 3.8) is 0 Å². The molecule has 0 aliphatic carbocycles. The van der Waals surface area contributed by atoms with Gasteiger partial charge in [0.25, 0.3) is 0 Å². The molecule has 0 unspecified atom stereocenters. The van der Waals surface area contributed by atoms with Gasteiger partial charge in [-0.05, 0) is 24.6 Å². The van der Waals surface area contributed by atoms with Crippen LogP contribution in [0.25, 0.3) is 0 Å². The van der Waals surface area contributed by atoms with E-state index in [1.807, 2.05) is 31.2 Å². The van der Waals surface area contributed by atoms with Crippen molar-refractivity contribution in [3.05, 3.63) is 65.5 Å². The van der Waals surface area contributed by atoms with Gasteiger partial charge in [-0.3, -0.25) is 4.79 Å². The molecule has 1 amide bonds. The summed E-state index contributed by atoms with van der Waals surface area (Å²) in [6.45, 7) is 2.69. The molecule has 0 fully saturated rings. The zero-order valence-electron chi connectivity index (χ0n) is 12.9. The van der Waals surface area contributed by atoms with E-state index in [2.05, 4.69) is 0 Å².